The van der Waals surface area contributed by atoms with Crippen LogP contribution in [0.5, 0.6) is 5.75 Å². The minimum Gasteiger partial charge on any atom is -0.433 e. The molecule has 0 radical (unpaired) electrons. The summed E-state index contributed by atoms with van der Waals surface area (Å²) in [4.78, 5) is 6.77. The first-order valence-electron chi connectivity index (χ1n) is 10.9. The Morgan fingerprint density at radius 3 is 2.91 bits per heavy atom. The summed E-state index contributed by atoms with van der Waals surface area (Å²) in [6, 6.07) is 7.07. The Morgan fingerprint density at radius 1 is 1.25 bits per heavy atom. The van der Waals surface area contributed by atoms with Gasteiger partial charge in [0.15, 0.2) is 11.8 Å². The van der Waals surface area contributed by atoms with Gasteiger partial charge in [0.1, 0.15) is 18.1 Å². The second kappa shape index (κ2) is 11.6. The quantitative estimate of drug-likeness (QED) is 0.307. The normalized spacial score (nSPS) is 18.3. The van der Waals surface area contributed by atoms with Crippen molar-refractivity contribution in [1.82, 2.24) is 25.4 Å². The van der Waals surface area contributed by atoms with Gasteiger partial charge in [0.2, 0.25) is 0 Å². The minimum absolute atomic E-state index is 0. The molecule has 11 heteroatoms. The van der Waals surface area contributed by atoms with E-state index in [9.17, 15) is 8.78 Å². The molecule has 0 aliphatic carbocycles. The Morgan fingerprint density at radius 2 is 2.09 bits per heavy atom. The van der Waals surface area contributed by atoms with Gasteiger partial charge in [-0.3, -0.25) is 0 Å². The van der Waals surface area contributed by atoms with Gasteiger partial charge >= 0.3 is 6.61 Å². The molecule has 176 valence electrons. The van der Waals surface area contributed by atoms with E-state index in [1.165, 1.54) is 0 Å². The molecule has 8 nitrogen and oxygen atoms in total. The number of ether oxygens (including phenoxy) is 1. The molecule has 1 saturated heterocycles. The number of guanidine groups is 1. The monoisotopic (exact) mass is 561 g/mol. The smallest absolute Gasteiger partial charge is 0.387 e. The number of aryl methyl sites for hydroxylation is 1. The topological polar surface area (TPSA) is 79.6 Å². The van der Waals surface area contributed by atoms with Crippen LogP contribution in [-0.4, -0.2) is 53.0 Å². The maximum absolute atomic E-state index is 12.7. The summed E-state index contributed by atoms with van der Waals surface area (Å²) < 4.78 is 32.3. The van der Waals surface area contributed by atoms with Crippen molar-refractivity contribution in [3.8, 4) is 5.75 Å². The molecular weight excluding hydrogens is 531 g/mol. The van der Waals surface area contributed by atoms with E-state index in [1.807, 2.05) is 19.1 Å². The lowest BCUT2D eigenvalue weighted by Gasteiger charge is -2.22. The summed E-state index contributed by atoms with van der Waals surface area (Å²) in [5.41, 5.74) is 0.684. The Kier molecular flexibility index (Phi) is 8.88. The summed E-state index contributed by atoms with van der Waals surface area (Å²) in [7, 11) is 0. The zero-order chi connectivity index (χ0) is 21.6. The van der Waals surface area contributed by atoms with Crippen LogP contribution in [0.15, 0.2) is 29.3 Å². The van der Waals surface area contributed by atoms with Crippen LogP contribution in [0.25, 0.3) is 0 Å². The molecule has 2 aliphatic rings. The molecule has 2 N–H and O–H groups in total. The highest BCUT2D eigenvalue weighted by Crippen LogP contribution is 2.31. The molecule has 1 unspecified atom stereocenters. The van der Waals surface area contributed by atoms with E-state index in [0.29, 0.717) is 18.8 Å². The van der Waals surface area contributed by atoms with Crippen LogP contribution >= 0.6 is 24.0 Å². The third-order valence-corrected chi connectivity index (χ3v) is 5.61. The number of halogens is 3. The molecular formula is C21H30F2IN7O. The van der Waals surface area contributed by atoms with Gasteiger partial charge in [-0.1, -0.05) is 12.1 Å². The number of benzene rings is 1. The second-order valence-electron chi connectivity index (χ2n) is 7.76. The first-order valence-corrected chi connectivity index (χ1v) is 10.9. The van der Waals surface area contributed by atoms with Gasteiger partial charge < -0.3 is 24.8 Å². The lowest BCUT2D eigenvalue weighted by atomic mass is 10.2. The van der Waals surface area contributed by atoms with E-state index in [1.54, 1.807) is 12.1 Å². The number of rotatable bonds is 7. The number of hydrogen-bond donors (Lipinski definition) is 2. The van der Waals surface area contributed by atoms with Crippen molar-refractivity contribution in [3.05, 3.63) is 35.9 Å². The van der Waals surface area contributed by atoms with Crippen LogP contribution in [0.1, 0.15) is 37.8 Å². The molecule has 1 aromatic heterocycles. The predicted molar refractivity (Wildman–Crippen MR) is 130 cm³/mol. The molecule has 1 aromatic carbocycles. The molecule has 2 aromatic rings. The first-order chi connectivity index (χ1) is 15.1. The zero-order valence-electron chi connectivity index (χ0n) is 18.1. The molecule has 1 atom stereocenters. The number of aliphatic imine (C=N–C) groups is 1. The maximum Gasteiger partial charge on any atom is 0.387 e. The van der Waals surface area contributed by atoms with Crippen molar-refractivity contribution in [3.63, 3.8) is 0 Å². The fourth-order valence-corrected chi connectivity index (χ4v) is 4.16. The average molecular weight is 561 g/mol. The van der Waals surface area contributed by atoms with Crippen molar-refractivity contribution in [2.45, 2.75) is 58.3 Å². The lowest BCUT2D eigenvalue weighted by Crippen LogP contribution is -2.44. The van der Waals surface area contributed by atoms with Crippen molar-refractivity contribution in [2.24, 2.45) is 4.99 Å². The summed E-state index contributed by atoms with van der Waals surface area (Å²) in [6.45, 7) is 2.76. The van der Waals surface area contributed by atoms with Crippen LogP contribution in [0.3, 0.4) is 0 Å². The van der Waals surface area contributed by atoms with E-state index < -0.39 is 6.61 Å². The zero-order valence-corrected chi connectivity index (χ0v) is 20.5. The van der Waals surface area contributed by atoms with Gasteiger partial charge in [-0.2, -0.15) is 8.78 Å². The highest BCUT2D eigenvalue weighted by atomic mass is 127. The summed E-state index contributed by atoms with van der Waals surface area (Å²) in [6.07, 6.45) is 4.15. The van der Waals surface area contributed by atoms with Crippen LogP contribution in [0, 0.1) is 0 Å². The van der Waals surface area contributed by atoms with E-state index in [0.717, 1.165) is 62.9 Å². The predicted octanol–water partition coefficient (Wildman–Crippen LogP) is 3.17. The van der Waals surface area contributed by atoms with E-state index in [4.69, 9.17) is 9.73 Å². The standard InChI is InChI=1S/C21H29F2N7O.HI/c1-2-24-21(25-13-19-28-27-18-9-5-6-11-30(18)19)26-15-10-12-29(14-15)16-7-3-4-8-17(16)31-20(22)23;/h3-4,7-8,15,20H,2,5-6,9-14H2,1H3,(H2,24,25,26);1H. The Hall–Kier alpha value is -2.18. The molecule has 0 amide bonds. The van der Waals surface area contributed by atoms with E-state index >= 15 is 0 Å². The second-order valence-corrected chi connectivity index (χ2v) is 7.76. The van der Waals surface area contributed by atoms with E-state index in [-0.39, 0.29) is 35.8 Å². The largest absolute Gasteiger partial charge is 0.433 e. The third kappa shape index (κ3) is 5.99. The molecule has 1 fully saturated rings. The highest BCUT2D eigenvalue weighted by molar-refractivity contribution is 14.0. The number of alkyl halides is 2. The highest BCUT2D eigenvalue weighted by Gasteiger charge is 2.26. The fourth-order valence-electron chi connectivity index (χ4n) is 4.16. The minimum atomic E-state index is -2.84. The maximum atomic E-state index is 12.7. The number of fused-ring (bicyclic) bond motifs is 1. The van der Waals surface area contributed by atoms with Crippen molar-refractivity contribution in [2.75, 3.05) is 24.5 Å². The van der Waals surface area contributed by atoms with Gasteiger partial charge in [0, 0.05) is 38.6 Å². The number of aromatic nitrogens is 3. The fraction of sp³-hybridized carbons (Fsp3) is 0.571. The first kappa shape index (κ1) is 24.5. The van der Waals surface area contributed by atoms with Crippen LogP contribution in [-0.2, 0) is 19.5 Å². The van der Waals surface area contributed by atoms with E-state index in [2.05, 4.69) is 30.3 Å². The molecule has 0 spiro atoms. The van der Waals surface area contributed by atoms with Gasteiger partial charge in [0.05, 0.1) is 5.69 Å². The van der Waals surface area contributed by atoms with Crippen LogP contribution < -0.4 is 20.3 Å². The molecule has 0 saturated carbocycles. The SMILES string of the molecule is CCNC(=NCc1nnc2n1CCCC2)NC1CCN(c2ccccc2OC(F)F)C1.I. The number of nitrogens with one attached hydrogen (secondary N) is 2. The number of hydrogen-bond acceptors (Lipinski definition) is 5. The Labute approximate surface area is 203 Å². The average Bonchev–Trinajstić information content (AvgIpc) is 3.39. The van der Waals surface area contributed by atoms with Gasteiger partial charge in [-0.15, -0.1) is 34.2 Å². The van der Waals surface area contributed by atoms with Crippen molar-refractivity contribution in [1.29, 1.82) is 0 Å². The molecule has 3 heterocycles. The molecule has 4 rings (SSSR count). The number of anilines is 1. The number of nitrogens with zero attached hydrogens (tertiary/aromatic N) is 5. The summed E-state index contributed by atoms with van der Waals surface area (Å²) >= 11 is 0. The van der Waals surface area contributed by atoms with Gasteiger partial charge in [-0.25, -0.2) is 4.99 Å². The molecule has 2 aliphatic heterocycles. The molecule has 32 heavy (non-hydrogen) atoms. The summed E-state index contributed by atoms with van der Waals surface area (Å²) in [5, 5.41) is 15.4. The lowest BCUT2D eigenvalue weighted by molar-refractivity contribution is -0.0495. The van der Waals surface area contributed by atoms with Crippen molar-refractivity contribution >= 4 is 35.6 Å². The Balaban J connectivity index is 0.00000289. The van der Waals surface area contributed by atoms with Crippen LogP contribution in [0.4, 0.5) is 14.5 Å². The Bertz CT molecular complexity index is 908. The van der Waals surface area contributed by atoms with Gasteiger partial charge in [-0.05, 0) is 38.3 Å². The summed E-state index contributed by atoms with van der Waals surface area (Å²) in [5.74, 6) is 2.86. The van der Waals surface area contributed by atoms with Gasteiger partial charge in [0.25, 0.3) is 0 Å². The number of para-hydroxylation sites is 2. The van der Waals surface area contributed by atoms with Crippen molar-refractivity contribution < 1.29 is 13.5 Å². The van der Waals surface area contributed by atoms with Crippen LogP contribution in [0.2, 0.25) is 0 Å². The third-order valence-electron chi connectivity index (χ3n) is 5.61. The molecule has 0 bridgehead atoms.